The van der Waals surface area contributed by atoms with Gasteiger partial charge in [0.2, 0.25) is 0 Å². The number of likely N-dealkylation sites (N-methyl/N-ethyl adjacent to an activating group) is 1. The van der Waals surface area contributed by atoms with Gasteiger partial charge >= 0.3 is 0 Å². The van der Waals surface area contributed by atoms with Crippen molar-refractivity contribution in [1.82, 2.24) is 4.90 Å². The number of ether oxygens (including phenoxy) is 1. The fourth-order valence-electron chi connectivity index (χ4n) is 2.71. The standard InChI is InChI=1S/C15H24N2O/c1-4-17-10-9-14(16)15(17)12-5-7-13(8-6-12)18-11(2)3/h5-8,11,14-15H,4,9-10,16H2,1-3H3. The van der Waals surface area contributed by atoms with Crippen molar-refractivity contribution in [3.05, 3.63) is 29.8 Å². The topological polar surface area (TPSA) is 38.5 Å². The van der Waals surface area contributed by atoms with Crippen LogP contribution in [0.2, 0.25) is 0 Å². The Morgan fingerprint density at radius 1 is 1.33 bits per heavy atom. The minimum atomic E-state index is 0.219. The Hall–Kier alpha value is -1.06. The van der Waals surface area contributed by atoms with Gasteiger partial charge in [0, 0.05) is 18.6 Å². The predicted molar refractivity (Wildman–Crippen MR) is 74.8 cm³/mol. The summed E-state index contributed by atoms with van der Waals surface area (Å²) in [6.45, 7) is 8.44. The lowest BCUT2D eigenvalue weighted by Gasteiger charge is -2.26. The zero-order chi connectivity index (χ0) is 13.1. The Morgan fingerprint density at radius 2 is 2.00 bits per heavy atom. The van der Waals surface area contributed by atoms with Crippen LogP contribution < -0.4 is 10.5 Å². The highest BCUT2D eigenvalue weighted by atomic mass is 16.5. The van der Waals surface area contributed by atoms with Gasteiger partial charge in [-0.3, -0.25) is 4.90 Å². The summed E-state index contributed by atoms with van der Waals surface area (Å²) in [5.41, 5.74) is 7.53. The molecule has 0 bridgehead atoms. The van der Waals surface area contributed by atoms with E-state index in [9.17, 15) is 0 Å². The molecule has 0 aliphatic carbocycles. The van der Waals surface area contributed by atoms with E-state index in [-0.39, 0.29) is 12.1 Å². The van der Waals surface area contributed by atoms with Crippen LogP contribution in [-0.4, -0.2) is 30.1 Å². The van der Waals surface area contributed by atoms with Crippen LogP contribution in [0.5, 0.6) is 5.75 Å². The molecule has 1 aromatic carbocycles. The maximum atomic E-state index is 6.22. The van der Waals surface area contributed by atoms with Crippen LogP contribution in [0, 0.1) is 0 Å². The third kappa shape index (κ3) is 2.85. The average molecular weight is 248 g/mol. The van der Waals surface area contributed by atoms with Gasteiger partial charge in [-0.15, -0.1) is 0 Å². The maximum Gasteiger partial charge on any atom is 0.119 e. The number of benzene rings is 1. The van der Waals surface area contributed by atoms with Crippen LogP contribution in [0.4, 0.5) is 0 Å². The summed E-state index contributed by atoms with van der Waals surface area (Å²) >= 11 is 0. The normalized spacial score (nSPS) is 24.7. The molecule has 3 nitrogen and oxygen atoms in total. The first-order valence-corrected chi connectivity index (χ1v) is 6.88. The van der Waals surface area contributed by atoms with E-state index in [0.717, 1.165) is 25.3 Å². The first kappa shape index (κ1) is 13.4. The van der Waals surface area contributed by atoms with E-state index in [1.54, 1.807) is 0 Å². The zero-order valence-corrected chi connectivity index (χ0v) is 11.6. The highest BCUT2D eigenvalue weighted by molar-refractivity contribution is 5.30. The molecular weight excluding hydrogens is 224 g/mol. The third-order valence-electron chi connectivity index (χ3n) is 3.55. The number of rotatable bonds is 4. The number of nitrogens with two attached hydrogens (primary N) is 1. The average Bonchev–Trinajstić information content (AvgIpc) is 2.71. The highest BCUT2D eigenvalue weighted by Crippen LogP contribution is 2.31. The predicted octanol–water partition coefficient (Wildman–Crippen LogP) is 2.57. The molecule has 0 amide bonds. The van der Waals surface area contributed by atoms with Crippen LogP contribution in [0.1, 0.15) is 38.8 Å². The highest BCUT2D eigenvalue weighted by Gasteiger charge is 2.31. The van der Waals surface area contributed by atoms with E-state index in [1.807, 2.05) is 26.0 Å². The SMILES string of the molecule is CCN1CCC(N)C1c1ccc(OC(C)C)cc1. The molecule has 0 radical (unpaired) electrons. The Bertz CT molecular complexity index is 375. The van der Waals surface area contributed by atoms with Gasteiger partial charge < -0.3 is 10.5 Å². The minimum absolute atomic E-state index is 0.219. The zero-order valence-electron chi connectivity index (χ0n) is 11.6. The number of hydrogen-bond acceptors (Lipinski definition) is 3. The molecule has 1 aliphatic rings. The largest absolute Gasteiger partial charge is 0.491 e. The molecule has 1 saturated heterocycles. The van der Waals surface area contributed by atoms with Gasteiger partial charge in [0.25, 0.3) is 0 Å². The van der Waals surface area contributed by atoms with E-state index in [2.05, 4.69) is 24.0 Å². The third-order valence-corrected chi connectivity index (χ3v) is 3.55. The van der Waals surface area contributed by atoms with Gasteiger partial charge in [-0.1, -0.05) is 19.1 Å². The first-order chi connectivity index (χ1) is 8.61. The van der Waals surface area contributed by atoms with Crippen LogP contribution in [-0.2, 0) is 0 Å². The molecular formula is C15H24N2O. The Balaban J connectivity index is 2.13. The van der Waals surface area contributed by atoms with Crippen molar-refractivity contribution >= 4 is 0 Å². The Morgan fingerprint density at radius 3 is 2.56 bits per heavy atom. The van der Waals surface area contributed by atoms with Crippen molar-refractivity contribution in [2.75, 3.05) is 13.1 Å². The lowest BCUT2D eigenvalue weighted by Crippen LogP contribution is -2.31. The number of likely N-dealkylation sites (tertiary alicyclic amines) is 1. The molecule has 100 valence electrons. The number of nitrogens with zero attached hydrogens (tertiary/aromatic N) is 1. The summed E-state index contributed by atoms with van der Waals surface area (Å²) in [6.07, 6.45) is 1.31. The van der Waals surface area contributed by atoms with E-state index < -0.39 is 0 Å². The molecule has 3 heteroatoms. The van der Waals surface area contributed by atoms with Crippen molar-refractivity contribution < 1.29 is 4.74 Å². The van der Waals surface area contributed by atoms with Crippen molar-refractivity contribution in [3.63, 3.8) is 0 Å². The molecule has 0 aromatic heterocycles. The maximum absolute atomic E-state index is 6.22. The second-order valence-electron chi connectivity index (χ2n) is 5.26. The summed E-state index contributed by atoms with van der Waals surface area (Å²) < 4.78 is 5.67. The molecule has 1 fully saturated rings. The smallest absolute Gasteiger partial charge is 0.119 e. The monoisotopic (exact) mass is 248 g/mol. The molecule has 2 N–H and O–H groups in total. The van der Waals surface area contributed by atoms with Crippen LogP contribution in [0.25, 0.3) is 0 Å². The molecule has 18 heavy (non-hydrogen) atoms. The molecule has 2 unspecified atom stereocenters. The summed E-state index contributed by atoms with van der Waals surface area (Å²) in [5, 5.41) is 0. The Labute approximate surface area is 110 Å². The van der Waals surface area contributed by atoms with Crippen molar-refractivity contribution in [2.45, 2.75) is 45.4 Å². The second-order valence-corrected chi connectivity index (χ2v) is 5.26. The summed E-state index contributed by atoms with van der Waals surface area (Å²) in [4.78, 5) is 2.45. The van der Waals surface area contributed by atoms with Gasteiger partial charge in [0.05, 0.1) is 6.10 Å². The number of hydrogen-bond donors (Lipinski definition) is 1. The fraction of sp³-hybridized carbons (Fsp3) is 0.600. The summed E-state index contributed by atoms with van der Waals surface area (Å²) in [7, 11) is 0. The fourth-order valence-corrected chi connectivity index (χ4v) is 2.71. The van der Waals surface area contributed by atoms with Gasteiger partial charge in [-0.05, 0) is 44.5 Å². The van der Waals surface area contributed by atoms with Crippen molar-refractivity contribution in [2.24, 2.45) is 5.73 Å². The van der Waals surface area contributed by atoms with E-state index in [1.165, 1.54) is 5.56 Å². The summed E-state index contributed by atoms with van der Waals surface area (Å²) in [5.74, 6) is 0.934. The van der Waals surface area contributed by atoms with E-state index in [4.69, 9.17) is 10.5 Å². The molecule has 1 aromatic rings. The van der Waals surface area contributed by atoms with E-state index >= 15 is 0 Å². The Kier molecular flexibility index (Phi) is 4.25. The molecule has 2 rings (SSSR count). The van der Waals surface area contributed by atoms with Gasteiger partial charge in [0.1, 0.15) is 5.75 Å². The van der Waals surface area contributed by atoms with Crippen LogP contribution in [0.3, 0.4) is 0 Å². The lowest BCUT2D eigenvalue weighted by atomic mass is 10.0. The quantitative estimate of drug-likeness (QED) is 0.890. The summed E-state index contributed by atoms with van der Waals surface area (Å²) in [6, 6.07) is 9.01. The van der Waals surface area contributed by atoms with Crippen molar-refractivity contribution in [3.8, 4) is 5.75 Å². The second kappa shape index (κ2) is 5.72. The molecule has 2 atom stereocenters. The van der Waals surface area contributed by atoms with Crippen LogP contribution >= 0.6 is 0 Å². The first-order valence-electron chi connectivity index (χ1n) is 6.88. The lowest BCUT2D eigenvalue weighted by molar-refractivity contribution is 0.241. The van der Waals surface area contributed by atoms with Crippen LogP contribution in [0.15, 0.2) is 24.3 Å². The van der Waals surface area contributed by atoms with Gasteiger partial charge in [-0.25, -0.2) is 0 Å². The minimum Gasteiger partial charge on any atom is -0.491 e. The van der Waals surface area contributed by atoms with Gasteiger partial charge in [0.15, 0.2) is 0 Å². The molecule has 1 aliphatic heterocycles. The van der Waals surface area contributed by atoms with Gasteiger partial charge in [-0.2, -0.15) is 0 Å². The van der Waals surface area contributed by atoms with Crippen molar-refractivity contribution in [1.29, 1.82) is 0 Å². The molecule has 0 spiro atoms. The molecule has 1 heterocycles. The molecule has 0 saturated carbocycles. The van der Waals surface area contributed by atoms with E-state index in [0.29, 0.717) is 6.04 Å².